The molecule has 1 unspecified atom stereocenters. The van der Waals surface area contributed by atoms with Crippen molar-refractivity contribution in [3.8, 4) is 0 Å². The molecular weight excluding hydrogens is 263 g/mol. The minimum atomic E-state index is 0.296. The van der Waals surface area contributed by atoms with E-state index >= 15 is 0 Å². The van der Waals surface area contributed by atoms with Crippen molar-refractivity contribution in [1.82, 2.24) is 4.98 Å². The Hall–Kier alpha value is -0.280. The van der Waals surface area contributed by atoms with Crippen LogP contribution in [0.5, 0.6) is 0 Å². The van der Waals surface area contributed by atoms with Gasteiger partial charge in [0.15, 0.2) is 0 Å². The summed E-state index contributed by atoms with van der Waals surface area (Å²) in [5.41, 5.74) is 1.17. The number of anilines is 1. The summed E-state index contributed by atoms with van der Waals surface area (Å²) in [4.78, 5) is 4.26. The van der Waals surface area contributed by atoms with E-state index in [1.54, 1.807) is 6.20 Å². The second kappa shape index (κ2) is 5.56. The maximum atomic E-state index is 5.79. The number of halogens is 2. The van der Waals surface area contributed by atoms with Crippen molar-refractivity contribution in [2.45, 2.75) is 26.3 Å². The fourth-order valence-electron chi connectivity index (χ4n) is 1.08. The van der Waals surface area contributed by atoms with Crippen LogP contribution in [0.25, 0.3) is 0 Å². The molecule has 0 fully saturated rings. The van der Waals surface area contributed by atoms with Gasteiger partial charge >= 0.3 is 0 Å². The Balaban J connectivity index is 2.72. The Kier molecular flexibility index (Phi) is 4.69. The standard InChI is InChI=1S/C10H14BrClN2/c1-3-8(5-12)14-10-4-7(2)9(11)6-13-10/h4,6,8H,3,5H2,1-2H3,(H,13,14). The molecule has 2 nitrogen and oxygen atoms in total. The zero-order valence-electron chi connectivity index (χ0n) is 8.35. The number of aryl methyl sites for hydroxylation is 1. The summed E-state index contributed by atoms with van der Waals surface area (Å²) in [6.45, 7) is 4.14. The molecule has 0 spiro atoms. The quantitative estimate of drug-likeness (QED) is 0.851. The normalized spacial score (nSPS) is 12.6. The molecule has 0 radical (unpaired) electrons. The van der Waals surface area contributed by atoms with Crippen molar-refractivity contribution in [3.63, 3.8) is 0 Å². The van der Waals surface area contributed by atoms with E-state index in [1.165, 1.54) is 5.56 Å². The van der Waals surface area contributed by atoms with E-state index in [0.717, 1.165) is 16.7 Å². The number of alkyl halides is 1. The summed E-state index contributed by atoms with van der Waals surface area (Å²) in [6.07, 6.45) is 2.80. The van der Waals surface area contributed by atoms with Gasteiger partial charge in [-0.2, -0.15) is 0 Å². The zero-order chi connectivity index (χ0) is 10.6. The van der Waals surface area contributed by atoms with Crippen LogP contribution in [0, 0.1) is 6.92 Å². The molecule has 1 atom stereocenters. The number of hydrogen-bond acceptors (Lipinski definition) is 2. The maximum Gasteiger partial charge on any atom is 0.126 e. The molecule has 0 bridgehead atoms. The number of aromatic nitrogens is 1. The van der Waals surface area contributed by atoms with E-state index < -0.39 is 0 Å². The fraction of sp³-hybridized carbons (Fsp3) is 0.500. The molecule has 14 heavy (non-hydrogen) atoms. The van der Waals surface area contributed by atoms with Crippen molar-refractivity contribution in [2.24, 2.45) is 0 Å². The summed E-state index contributed by atoms with van der Waals surface area (Å²) < 4.78 is 1.03. The first-order chi connectivity index (χ1) is 6.67. The summed E-state index contributed by atoms with van der Waals surface area (Å²) in [5, 5.41) is 3.28. The molecule has 0 aliphatic heterocycles. The van der Waals surface area contributed by atoms with Gasteiger partial charge in [0.25, 0.3) is 0 Å². The van der Waals surface area contributed by atoms with Crippen LogP contribution in [0.2, 0.25) is 0 Å². The number of rotatable bonds is 4. The Morgan fingerprint density at radius 3 is 2.86 bits per heavy atom. The molecule has 0 saturated heterocycles. The Bertz CT molecular complexity index is 300. The molecule has 0 aromatic carbocycles. The van der Waals surface area contributed by atoms with E-state index in [0.29, 0.717) is 11.9 Å². The highest BCUT2D eigenvalue weighted by atomic mass is 79.9. The van der Waals surface area contributed by atoms with Crippen molar-refractivity contribution in [1.29, 1.82) is 0 Å². The van der Waals surface area contributed by atoms with Crippen LogP contribution in [0.15, 0.2) is 16.7 Å². The molecular formula is C10H14BrClN2. The highest BCUT2D eigenvalue weighted by molar-refractivity contribution is 9.10. The van der Waals surface area contributed by atoms with Gasteiger partial charge in [0, 0.05) is 22.6 Å². The Morgan fingerprint density at radius 1 is 1.64 bits per heavy atom. The highest BCUT2D eigenvalue weighted by Gasteiger charge is 2.05. The topological polar surface area (TPSA) is 24.9 Å². The van der Waals surface area contributed by atoms with Crippen LogP contribution in [0.4, 0.5) is 5.82 Å². The smallest absolute Gasteiger partial charge is 0.126 e. The molecule has 0 amide bonds. The minimum absolute atomic E-state index is 0.296. The zero-order valence-corrected chi connectivity index (χ0v) is 10.7. The Morgan fingerprint density at radius 2 is 2.36 bits per heavy atom. The fourth-order valence-corrected chi connectivity index (χ4v) is 1.59. The van der Waals surface area contributed by atoms with Gasteiger partial charge in [-0.05, 0) is 40.9 Å². The van der Waals surface area contributed by atoms with Gasteiger partial charge in [-0.15, -0.1) is 11.6 Å². The summed E-state index contributed by atoms with van der Waals surface area (Å²) in [7, 11) is 0. The van der Waals surface area contributed by atoms with Crippen LogP contribution in [0.1, 0.15) is 18.9 Å². The molecule has 0 saturated carbocycles. The summed E-state index contributed by atoms with van der Waals surface area (Å²) in [6, 6.07) is 2.31. The lowest BCUT2D eigenvalue weighted by atomic mass is 10.2. The number of pyridine rings is 1. The average molecular weight is 278 g/mol. The third kappa shape index (κ3) is 3.14. The van der Waals surface area contributed by atoms with E-state index in [-0.39, 0.29) is 0 Å². The van der Waals surface area contributed by atoms with E-state index in [1.807, 2.05) is 13.0 Å². The van der Waals surface area contributed by atoms with Gasteiger partial charge in [0.05, 0.1) is 0 Å². The molecule has 1 aromatic heterocycles. The first-order valence-corrected chi connectivity index (χ1v) is 5.94. The number of nitrogens with one attached hydrogen (secondary N) is 1. The van der Waals surface area contributed by atoms with Crippen molar-refractivity contribution < 1.29 is 0 Å². The van der Waals surface area contributed by atoms with Gasteiger partial charge in [0.2, 0.25) is 0 Å². The van der Waals surface area contributed by atoms with E-state index in [2.05, 4.69) is 33.2 Å². The number of hydrogen-bond donors (Lipinski definition) is 1. The SMILES string of the molecule is CCC(CCl)Nc1cc(C)c(Br)cn1. The number of nitrogens with zero attached hydrogens (tertiary/aromatic N) is 1. The van der Waals surface area contributed by atoms with Gasteiger partial charge in [-0.25, -0.2) is 4.98 Å². The van der Waals surface area contributed by atoms with Crippen molar-refractivity contribution >= 4 is 33.3 Å². The van der Waals surface area contributed by atoms with Crippen LogP contribution in [0.3, 0.4) is 0 Å². The van der Waals surface area contributed by atoms with Gasteiger partial charge in [-0.3, -0.25) is 0 Å². The predicted molar refractivity (Wildman–Crippen MR) is 65.1 cm³/mol. The molecule has 1 aromatic rings. The molecule has 1 heterocycles. The van der Waals surface area contributed by atoms with Crippen LogP contribution in [-0.4, -0.2) is 16.9 Å². The molecule has 78 valence electrons. The molecule has 0 aliphatic rings. The van der Waals surface area contributed by atoms with Gasteiger partial charge in [-0.1, -0.05) is 6.92 Å². The summed E-state index contributed by atoms with van der Waals surface area (Å²) >= 11 is 9.20. The second-order valence-electron chi connectivity index (χ2n) is 3.22. The van der Waals surface area contributed by atoms with Gasteiger partial charge < -0.3 is 5.32 Å². The third-order valence-corrected chi connectivity index (χ3v) is 3.28. The third-order valence-electron chi connectivity index (χ3n) is 2.08. The van der Waals surface area contributed by atoms with Crippen LogP contribution in [-0.2, 0) is 0 Å². The highest BCUT2D eigenvalue weighted by Crippen LogP contribution is 2.18. The largest absolute Gasteiger partial charge is 0.366 e. The van der Waals surface area contributed by atoms with Crippen molar-refractivity contribution in [2.75, 3.05) is 11.2 Å². The van der Waals surface area contributed by atoms with E-state index in [4.69, 9.17) is 11.6 Å². The summed E-state index contributed by atoms with van der Waals surface area (Å²) in [5.74, 6) is 1.49. The maximum absolute atomic E-state index is 5.79. The van der Waals surface area contributed by atoms with Gasteiger partial charge in [0.1, 0.15) is 5.82 Å². The Labute approximate surface area is 98.2 Å². The first kappa shape index (κ1) is 11.8. The van der Waals surface area contributed by atoms with Crippen molar-refractivity contribution in [3.05, 3.63) is 22.3 Å². The average Bonchev–Trinajstić information content (AvgIpc) is 2.19. The molecule has 1 N–H and O–H groups in total. The molecule has 0 aliphatic carbocycles. The lowest BCUT2D eigenvalue weighted by Crippen LogP contribution is -2.20. The second-order valence-corrected chi connectivity index (χ2v) is 4.39. The lowest BCUT2D eigenvalue weighted by Gasteiger charge is -2.14. The van der Waals surface area contributed by atoms with Crippen LogP contribution < -0.4 is 5.32 Å². The molecule has 1 rings (SSSR count). The van der Waals surface area contributed by atoms with E-state index in [9.17, 15) is 0 Å². The minimum Gasteiger partial charge on any atom is -0.366 e. The predicted octanol–water partition coefficient (Wildman–Crippen LogP) is 3.58. The lowest BCUT2D eigenvalue weighted by molar-refractivity contribution is 0.765. The monoisotopic (exact) mass is 276 g/mol. The first-order valence-electron chi connectivity index (χ1n) is 4.62. The van der Waals surface area contributed by atoms with Crippen LogP contribution >= 0.6 is 27.5 Å². The molecule has 4 heteroatoms.